The normalized spacial score (nSPS) is 11.0. The van der Waals surface area contributed by atoms with E-state index < -0.39 is 17.2 Å². The minimum Gasteiger partial charge on any atom is -0.483 e. The summed E-state index contributed by atoms with van der Waals surface area (Å²) in [6, 6.07) is 7.33. The maximum absolute atomic E-state index is 13.0. The first-order valence-corrected chi connectivity index (χ1v) is 9.86. The van der Waals surface area contributed by atoms with Gasteiger partial charge in [-0.05, 0) is 30.9 Å². The van der Waals surface area contributed by atoms with Crippen LogP contribution in [0.5, 0.6) is 5.75 Å². The molecule has 0 saturated carbocycles. The molecule has 2 aromatic rings. The minimum absolute atomic E-state index is 0.0425. The Morgan fingerprint density at radius 3 is 2.60 bits per heavy atom. The maximum Gasteiger partial charge on any atom is 0.330 e. The molecule has 0 fully saturated rings. The highest BCUT2D eigenvalue weighted by Gasteiger charge is 2.24. The van der Waals surface area contributed by atoms with Crippen LogP contribution in [0.15, 0.2) is 33.9 Å². The van der Waals surface area contributed by atoms with Gasteiger partial charge < -0.3 is 20.1 Å². The molecule has 3 N–H and O–H groups in total. The first kappa shape index (κ1) is 23.2. The number of aryl methyl sites for hydroxylation is 1. The van der Waals surface area contributed by atoms with Crippen molar-refractivity contribution in [1.29, 1.82) is 0 Å². The molecule has 1 amide bonds. The fraction of sp³-hybridized carbons (Fsp3) is 0.476. The lowest BCUT2D eigenvalue weighted by Crippen LogP contribution is -2.43. The van der Waals surface area contributed by atoms with E-state index in [-0.39, 0.29) is 30.6 Å². The summed E-state index contributed by atoms with van der Waals surface area (Å²) in [6.07, 6.45) is 0.481. The Balaban J connectivity index is 2.38. The van der Waals surface area contributed by atoms with Crippen LogP contribution < -0.4 is 26.6 Å². The number of anilines is 2. The Hall–Kier alpha value is -3.07. The number of nitrogen functional groups attached to an aromatic ring is 1. The van der Waals surface area contributed by atoms with Gasteiger partial charge in [0, 0.05) is 26.8 Å². The molecule has 0 aliphatic carbocycles. The van der Waals surface area contributed by atoms with Crippen LogP contribution >= 0.6 is 0 Å². The lowest BCUT2D eigenvalue weighted by molar-refractivity contribution is -0.120. The number of aromatic amines is 1. The third kappa shape index (κ3) is 5.73. The highest BCUT2D eigenvalue weighted by atomic mass is 16.5. The fourth-order valence-corrected chi connectivity index (χ4v) is 3.05. The number of nitrogens with zero attached hydrogens (tertiary/aromatic N) is 2. The number of amides is 1. The molecule has 1 heterocycles. The molecule has 2 rings (SSSR count). The summed E-state index contributed by atoms with van der Waals surface area (Å²) < 4.78 is 12.0. The van der Waals surface area contributed by atoms with E-state index in [1.165, 1.54) is 9.47 Å². The Bertz CT molecular complexity index is 980. The largest absolute Gasteiger partial charge is 0.483 e. The maximum atomic E-state index is 13.0. The molecule has 0 unspecified atom stereocenters. The molecule has 0 radical (unpaired) electrons. The number of nitrogens with one attached hydrogen (secondary N) is 1. The first-order chi connectivity index (χ1) is 14.3. The predicted octanol–water partition coefficient (Wildman–Crippen LogP) is 1.53. The van der Waals surface area contributed by atoms with Gasteiger partial charge in [0.1, 0.15) is 11.6 Å². The van der Waals surface area contributed by atoms with Crippen molar-refractivity contribution < 1.29 is 14.3 Å². The van der Waals surface area contributed by atoms with Crippen molar-refractivity contribution >= 4 is 17.4 Å². The lowest BCUT2D eigenvalue weighted by atomic mass is 10.2. The van der Waals surface area contributed by atoms with Gasteiger partial charge in [-0.3, -0.25) is 19.1 Å². The molecular formula is C21H30N4O5. The number of benzene rings is 1. The second-order valence-corrected chi connectivity index (χ2v) is 7.44. The summed E-state index contributed by atoms with van der Waals surface area (Å²) >= 11 is 0. The van der Waals surface area contributed by atoms with Crippen LogP contribution in [0.1, 0.15) is 25.8 Å². The Labute approximate surface area is 175 Å². The average Bonchev–Trinajstić information content (AvgIpc) is 2.69. The molecule has 0 saturated heterocycles. The summed E-state index contributed by atoms with van der Waals surface area (Å²) in [4.78, 5) is 41.4. The van der Waals surface area contributed by atoms with E-state index in [2.05, 4.69) is 4.98 Å². The van der Waals surface area contributed by atoms with E-state index in [1.807, 2.05) is 39.0 Å². The van der Waals surface area contributed by atoms with E-state index in [0.717, 1.165) is 5.56 Å². The number of aromatic nitrogens is 2. The number of carbonyl (C=O) groups excluding carboxylic acids is 1. The molecule has 0 aliphatic heterocycles. The van der Waals surface area contributed by atoms with Crippen molar-refractivity contribution in [2.75, 3.05) is 37.5 Å². The van der Waals surface area contributed by atoms with Gasteiger partial charge in [-0.25, -0.2) is 4.79 Å². The van der Waals surface area contributed by atoms with Crippen molar-refractivity contribution in [2.24, 2.45) is 5.92 Å². The van der Waals surface area contributed by atoms with E-state index >= 15 is 0 Å². The average molecular weight is 418 g/mol. The number of nitrogens with two attached hydrogens (primary N) is 1. The monoisotopic (exact) mass is 418 g/mol. The number of hydrogen-bond donors (Lipinski definition) is 2. The Morgan fingerprint density at radius 2 is 1.97 bits per heavy atom. The second-order valence-electron chi connectivity index (χ2n) is 7.44. The number of para-hydroxylation sites is 1. The number of methoxy groups -OCH3 is 1. The molecule has 1 aromatic heterocycles. The highest BCUT2D eigenvalue weighted by Crippen LogP contribution is 2.20. The van der Waals surface area contributed by atoms with Crippen LogP contribution in [0, 0.1) is 12.8 Å². The summed E-state index contributed by atoms with van der Waals surface area (Å²) in [6.45, 7) is 6.35. The van der Waals surface area contributed by atoms with Gasteiger partial charge in [0.25, 0.3) is 11.5 Å². The SMILES string of the molecule is COCCCN(C(=O)COc1ccccc1C)c1c(N)n(CC(C)C)c(=O)[nH]c1=O. The minimum atomic E-state index is -0.709. The molecule has 0 spiro atoms. The standard InChI is InChI=1S/C21H30N4O5/c1-14(2)12-25-19(22)18(20(27)23-21(25)28)24(10-7-11-29-4)17(26)13-30-16-9-6-5-8-15(16)3/h5-6,8-9,14H,7,10-13,22H2,1-4H3,(H,23,27,28). The van der Waals surface area contributed by atoms with Crippen LogP contribution in [-0.2, 0) is 16.1 Å². The Kier molecular flexibility index (Phi) is 8.23. The van der Waals surface area contributed by atoms with E-state index in [1.54, 1.807) is 13.2 Å². The summed E-state index contributed by atoms with van der Waals surface area (Å²) in [7, 11) is 1.55. The fourth-order valence-electron chi connectivity index (χ4n) is 3.05. The van der Waals surface area contributed by atoms with Gasteiger partial charge in [-0.2, -0.15) is 0 Å². The molecule has 0 bridgehead atoms. The summed E-state index contributed by atoms with van der Waals surface area (Å²) in [5.41, 5.74) is 5.71. The molecule has 1 aromatic carbocycles. The van der Waals surface area contributed by atoms with Crippen molar-refractivity contribution in [3.63, 3.8) is 0 Å². The van der Waals surface area contributed by atoms with Gasteiger partial charge in [-0.15, -0.1) is 0 Å². The van der Waals surface area contributed by atoms with Crippen LogP contribution in [0.2, 0.25) is 0 Å². The third-order valence-corrected chi connectivity index (χ3v) is 4.51. The van der Waals surface area contributed by atoms with Gasteiger partial charge >= 0.3 is 5.69 Å². The lowest BCUT2D eigenvalue weighted by Gasteiger charge is -2.25. The van der Waals surface area contributed by atoms with Gasteiger partial charge in [0.05, 0.1) is 0 Å². The number of H-pyrrole nitrogens is 1. The van der Waals surface area contributed by atoms with E-state index in [0.29, 0.717) is 25.3 Å². The van der Waals surface area contributed by atoms with Crippen molar-refractivity contribution in [3.8, 4) is 5.75 Å². The molecule has 0 atom stereocenters. The molecule has 9 nitrogen and oxygen atoms in total. The zero-order valence-corrected chi connectivity index (χ0v) is 17.9. The molecule has 30 heavy (non-hydrogen) atoms. The van der Waals surface area contributed by atoms with Crippen LogP contribution in [0.25, 0.3) is 0 Å². The summed E-state index contributed by atoms with van der Waals surface area (Å²) in [5, 5.41) is 0. The van der Waals surface area contributed by atoms with Gasteiger partial charge in [0.15, 0.2) is 12.3 Å². The highest BCUT2D eigenvalue weighted by molar-refractivity contribution is 5.96. The molecule has 164 valence electrons. The third-order valence-electron chi connectivity index (χ3n) is 4.51. The quantitative estimate of drug-likeness (QED) is 0.565. The van der Waals surface area contributed by atoms with Crippen LogP contribution in [0.4, 0.5) is 11.5 Å². The zero-order chi connectivity index (χ0) is 22.3. The molecule has 9 heteroatoms. The van der Waals surface area contributed by atoms with Gasteiger partial charge in [-0.1, -0.05) is 32.0 Å². The molecule has 0 aliphatic rings. The van der Waals surface area contributed by atoms with Gasteiger partial charge in [0.2, 0.25) is 0 Å². The zero-order valence-electron chi connectivity index (χ0n) is 17.9. The number of rotatable bonds is 10. The van der Waals surface area contributed by atoms with Crippen molar-refractivity contribution in [3.05, 3.63) is 50.7 Å². The Morgan fingerprint density at radius 1 is 1.27 bits per heavy atom. The molecular weight excluding hydrogens is 388 g/mol. The van der Waals surface area contributed by atoms with Crippen molar-refractivity contribution in [2.45, 2.75) is 33.7 Å². The van der Waals surface area contributed by atoms with E-state index in [4.69, 9.17) is 15.2 Å². The van der Waals surface area contributed by atoms with Crippen LogP contribution in [-0.4, -0.2) is 42.3 Å². The van der Waals surface area contributed by atoms with Crippen molar-refractivity contribution in [1.82, 2.24) is 9.55 Å². The number of hydrogen-bond acceptors (Lipinski definition) is 6. The topological polar surface area (TPSA) is 120 Å². The first-order valence-electron chi connectivity index (χ1n) is 9.86. The predicted molar refractivity (Wildman–Crippen MR) is 116 cm³/mol. The smallest absolute Gasteiger partial charge is 0.330 e. The van der Waals surface area contributed by atoms with E-state index in [9.17, 15) is 14.4 Å². The van der Waals surface area contributed by atoms with Crippen LogP contribution in [0.3, 0.4) is 0 Å². The number of carbonyl (C=O) groups is 1. The number of ether oxygens (including phenoxy) is 2. The summed E-state index contributed by atoms with van der Waals surface area (Å²) in [5.74, 6) is 0.209. The second kappa shape index (κ2) is 10.6.